The molecule has 1 aliphatic heterocycles. The van der Waals surface area contributed by atoms with Crippen molar-refractivity contribution in [2.24, 2.45) is 5.73 Å². The van der Waals surface area contributed by atoms with Crippen molar-refractivity contribution in [3.05, 3.63) is 18.5 Å². The minimum atomic E-state index is -0.231. The predicted molar refractivity (Wildman–Crippen MR) is 56.1 cm³/mol. The Labute approximate surface area is 88.8 Å². The summed E-state index contributed by atoms with van der Waals surface area (Å²) in [5.74, 6) is 0.103. The van der Waals surface area contributed by atoms with E-state index in [2.05, 4.69) is 5.10 Å². The Bertz CT molecular complexity index is 335. The van der Waals surface area contributed by atoms with Gasteiger partial charge in [-0.3, -0.25) is 9.48 Å². The quantitative estimate of drug-likeness (QED) is 0.744. The summed E-state index contributed by atoms with van der Waals surface area (Å²) in [6.07, 6.45) is 4.38. The molecule has 0 aliphatic carbocycles. The van der Waals surface area contributed by atoms with Crippen LogP contribution < -0.4 is 5.73 Å². The minimum absolute atomic E-state index is 0.103. The zero-order valence-electron chi connectivity index (χ0n) is 8.84. The normalized spacial score (nSPS) is 23.1. The molecule has 1 amide bonds. The minimum Gasteiger partial charge on any atom is -0.339 e. The first-order chi connectivity index (χ1) is 7.18. The van der Waals surface area contributed by atoms with Gasteiger partial charge in [-0.25, -0.2) is 0 Å². The Hall–Kier alpha value is -1.36. The molecule has 5 heteroatoms. The number of hydrogen-bond donors (Lipinski definition) is 1. The summed E-state index contributed by atoms with van der Waals surface area (Å²) in [6.45, 7) is 3.30. The molecule has 1 aliphatic rings. The van der Waals surface area contributed by atoms with Gasteiger partial charge in [-0.05, 0) is 19.4 Å². The summed E-state index contributed by atoms with van der Waals surface area (Å²) < 4.78 is 1.67. The Morgan fingerprint density at radius 3 is 3.00 bits per heavy atom. The van der Waals surface area contributed by atoms with Crippen molar-refractivity contribution in [1.29, 1.82) is 0 Å². The molecule has 1 saturated heterocycles. The van der Waals surface area contributed by atoms with Crippen molar-refractivity contribution in [3.8, 4) is 0 Å². The standard InChI is InChI=1S/C10H16N4O/c1-8(14-5-2-4-12-14)10(15)13-6-3-9(11)7-13/h2,4-5,8-9H,3,6-7,11H2,1H3/t8-,9+/m0/s1. The Morgan fingerprint density at radius 2 is 2.47 bits per heavy atom. The van der Waals surface area contributed by atoms with E-state index in [1.807, 2.05) is 17.9 Å². The van der Waals surface area contributed by atoms with Crippen molar-refractivity contribution < 1.29 is 4.79 Å². The van der Waals surface area contributed by atoms with Crippen LogP contribution in [-0.4, -0.2) is 39.7 Å². The van der Waals surface area contributed by atoms with E-state index in [0.29, 0.717) is 6.54 Å². The van der Waals surface area contributed by atoms with E-state index < -0.39 is 0 Å². The second-order valence-electron chi connectivity index (χ2n) is 4.00. The summed E-state index contributed by atoms with van der Waals surface area (Å²) in [4.78, 5) is 13.8. The number of rotatable bonds is 2. The van der Waals surface area contributed by atoms with E-state index in [9.17, 15) is 4.79 Å². The largest absolute Gasteiger partial charge is 0.339 e. The Balaban J connectivity index is 2.02. The molecule has 82 valence electrons. The number of carbonyl (C=O) groups is 1. The van der Waals surface area contributed by atoms with Crippen LogP contribution in [0.3, 0.4) is 0 Å². The van der Waals surface area contributed by atoms with Gasteiger partial charge in [-0.15, -0.1) is 0 Å². The number of amides is 1. The van der Waals surface area contributed by atoms with Crippen LogP contribution in [0.15, 0.2) is 18.5 Å². The molecule has 0 spiro atoms. The van der Waals surface area contributed by atoms with E-state index >= 15 is 0 Å². The van der Waals surface area contributed by atoms with Gasteiger partial charge in [0.15, 0.2) is 0 Å². The molecule has 0 unspecified atom stereocenters. The topological polar surface area (TPSA) is 64.2 Å². The fourth-order valence-corrected chi connectivity index (χ4v) is 1.87. The van der Waals surface area contributed by atoms with Crippen molar-refractivity contribution in [2.75, 3.05) is 13.1 Å². The maximum atomic E-state index is 12.0. The molecular weight excluding hydrogens is 192 g/mol. The molecule has 1 aromatic heterocycles. The number of hydrogen-bond acceptors (Lipinski definition) is 3. The molecule has 0 bridgehead atoms. The molecule has 1 fully saturated rings. The van der Waals surface area contributed by atoms with Gasteiger partial charge in [0.05, 0.1) is 0 Å². The first kappa shape index (κ1) is 10.2. The lowest BCUT2D eigenvalue weighted by Crippen LogP contribution is -2.36. The lowest BCUT2D eigenvalue weighted by molar-refractivity contribution is -0.133. The Kier molecular flexibility index (Phi) is 2.73. The van der Waals surface area contributed by atoms with Gasteiger partial charge >= 0.3 is 0 Å². The number of nitrogens with two attached hydrogens (primary N) is 1. The number of aromatic nitrogens is 2. The van der Waals surface area contributed by atoms with Crippen LogP contribution in [0.25, 0.3) is 0 Å². The average molecular weight is 208 g/mol. The summed E-state index contributed by atoms with van der Waals surface area (Å²) >= 11 is 0. The molecule has 5 nitrogen and oxygen atoms in total. The maximum Gasteiger partial charge on any atom is 0.247 e. The fourth-order valence-electron chi connectivity index (χ4n) is 1.87. The number of carbonyl (C=O) groups excluding carboxylic acids is 1. The Morgan fingerprint density at radius 1 is 1.67 bits per heavy atom. The van der Waals surface area contributed by atoms with E-state index in [0.717, 1.165) is 13.0 Å². The van der Waals surface area contributed by atoms with E-state index in [4.69, 9.17) is 5.73 Å². The van der Waals surface area contributed by atoms with Gasteiger partial charge in [0.2, 0.25) is 5.91 Å². The van der Waals surface area contributed by atoms with Crippen LogP contribution in [-0.2, 0) is 4.79 Å². The number of likely N-dealkylation sites (tertiary alicyclic amines) is 1. The highest BCUT2D eigenvalue weighted by atomic mass is 16.2. The third kappa shape index (κ3) is 2.02. The van der Waals surface area contributed by atoms with Gasteiger partial charge < -0.3 is 10.6 Å². The highest BCUT2D eigenvalue weighted by Crippen LogP contribution is 2.14. The zero-order valence-corrected chi connectivity index (χ0v) is 8.84. The second-order valence-corrected chi connectivity index (χ2v) is 4.00. The van der Waals surface area contributed by atoms with Crippen molar-refractivity contribution in [2.45, 2.75) is 25.4 Å². The van der Waals surface area contributed by atoms with Crippen LogP contribution in [0.1, 0.15) is 19.4 Å². The van der Waals surface area contributed by atoms with Crippen LogP contribution in [0.5, 0.6) is 0 Å². The maximum absolute atomic E-state index is 12.0. The molecule has 2 heterocycles. The van der Waals surface area contributed by atoms with Gasteiger partial charge in [-0.2, -0.15) is 5.10 Å². The molecule has 0 saturated carbocycles. The smallest absolute Gasteiger partial charge is 0.247 e. The average Bonchev–Trinajstić information content (AvgIpc) is 2.85. The lowest BCUT2D eigenvalue weighted by Gasteiger charge is -2.20. The molecule has 0 aromatic carbocycles. The third-order valence-corrected chi connectivity index (χ3v) is 2.82. The third-order valence-electron chi connectivity index (χ3n) is 2.82. The van der Waals surface area contributed by atoms with Crippen LogP contribution in [0.4, 0.5) is 0 Å². The van der Waals surface area contributed by atoms with Crippen LogP contribution in [0, 0.1) is 0 Å². The van der Waals surface area contributed by atoms with Crippen LogP contribution >= 0.6 is 0 Å². The van der Waals surface area contributed by atoms with Crippen molar-refractivity contribution in [1.82, 2.24) is 14.7 Å². The van der Waals surface area contributed by atoms with Gasteiger partial charge in [0.1, 0.15) is 6.04 Å². The van der Waals surface area contributed by atoms with E-state index in [-0.39, 0.29) is 18.0 Å². The lowest BCUT2D eigenvalue weighted by atomic mass is 10.3. The SMILES string of the molecule is C[C@@H](C(=O)N1CC[C@@H](N)C1)n1cccn1. The predicted octanol–water partition coefficient (Wildman–Crippen LogP) is 0.00370. The summed E-state index contributed by atoms with van der Waals surface area (Å²) in [5.41, 5.74) is 5.77. The molecule has 1 aromatic rings. The molecule has 0 radical (unpaired) electrons. The van der Waals surface area contributed by atoms with E-state index in [1.165, 1.54) is 0 Å². The molecule has 15 heavy (non-hydrogen) atoms. The zero-order chi connectivity index (χ0) is 10.8. The van der Waals surface area contributed by atoms with E-state index in [1.54, 1.807) is 17.1 Å². The fraction of sp³-hybridized carbons (Fsp3) is 0.600. The van der Waals surface area contributed by atoms with Crippen molar-refractivity contribution >= 4 is 5.91 Å². The highest BCUT2D eigenvalue weighted by molar-refractivity contribution is 5.80. The highest BCUT2D eigenvalue weighted by Gasteiger charge is 2.27. The van der Waals surface area contributed by atoms with Crippen molar-refractivity contribution in [3.63, 3.8) is 0 Å². The molecular formula is C10H16N4O. The number of nitrogens with zero attached hydrogens (tertiary/aromatic N) is 3. The first-order valence-corrected chi connectivity index (χ1v) is 5.22. The summed E-state index contributed by atoms with van der Waals surface area (Å²) in [6, 6.07) is 1.73. The van der Waals surface area contributed by atoms with Gasteiger partial charge in [0.25, 0.3) is 0 Å². The second kappa shape index (κ2) is 4.02. The summed E-state index contributed by atoms with van der Waals surface area (Å²) in [7, 11) is 0. The van der Waals surface area contributed by atoms with Gasteiger partial charge in [-0.1, -0.05) is 0 Å². The molecule has 2 rings (SSSR count). The molecule has 2 N–H and O–H groups in total. The van der Waals surface area contributed by atoms with Crippen LogP contribution in [0.2, 0.25) is 0 Å². The molecule has 2 atom stereocenters. The monoisotopic (exact) mass is 208 g/mol. The summed E-state index contributed by atoms with van der Waals surface area (Å²) in [5, 5.41) is 4.07. The first-order valence-electron chi connectivity index (χ1n) is 5.22. The van der Waals surface area contributed by atoms with Gasteiger partial charge in [0, 0.05) is 31.5 Å².